The van der Waals surface area contributed by atoms with Crippen molar-refractivity contribution in [2.24, 2.45) is 0 Å². The normalized spacial score (nSPS) is 10.2. The van der Waals surface area contributed by atoms with Gasteiger partial charge < -0.3 is 5.73 Å². The zero-order chi connectivity index (χ0) is 12.4. The third-order valence-corrected chi connectivity index (χ3v) is 2.72. The lowest BCUT2D eigenvalue weighted by Gasteiger charge is -2.03. The Balaban J connectivity index is 2.60. The second kappa shape index (κ2) is 4.46. The van der Waals surface area contributed by atoms with E-state index in [4.69, 9.17) is 5.73 Å². The van der Waals surface area contributed by atoms with Gasteiger partial charge >= 0.3 is 0 Å². The molecule has 1 heterocycles. The summed E-state index contributed by atoms with van der Waals surface area (Å²) in [6.45, 7) is 0. The summed E-state index contributed by atoms with van der Waals surface area (Å²) >= 11 is 3.17. The summed E-state index contributed by atoms with van der Waals surface area (Å²) in [5.74, 6) is 0.478. The average molecular weight is 295 g/mol. The topological polar surface area (TPSA) is 94.9 Å². The first-order chi connectivity index (χ1) is 8.09. The fourth-order valence-electron chi connectivity index (χ4n) is 1.33. The first-order valence-electron chi connectivity index (χ1n) is 4.61. The number of halogens is 1. The van der Waals surface area contributed by atoms with Gasteiger partial charge in [0, 0.05) is 12.3 Å². The lowest BCUT2D eigenvalue weighted by atomic mass is 10.1. The molecule has 6 nitrogen and oxygen atoms in total. The molecule has 0 spiro atoms. The monoisotopic (exact) mass is 294 g/mol. The Labute approximate surface area is 105 Å². The fourth-order valence-corrected chi connectivity index (χ4v) is 1.52. The number of para-hydroxylation sites is 1. The molecular weight excluding hydrogens is 288 g/mol. The van der Waals surface area contributed by atoms with Crippen LogP contribution in [-0.2, 0) is 0 Å². The number of hydrogen-bond acceptors (Lipinski definition) is 5. The number of hydrogen-bond donors (Lipinski definition) is 1. The van der Waals surface area contributed by atoms with E-state index in [1.807, 2.05) is 0 Å². The van der Waals surface area contributed by atoms with Gasteiger partial charge in [0.05, 0.1) is 15.0 Å². The number of nitrogen functional groups attached to an aromatic ring is 1. The summed E-state index contributed by atoms with van der Waals surface area (Å²) in [6.07, 6.45) is 1.47. The van der Waals surface area contributed by atoms with Crippen LogP contribution in [0.25, 0.3) is 11.4 Å². The Morgan fingerprint density at radius 1 is 1.35 bits per heavy atom. The summed E-state index contributed by atoms with van der Waals surface area (Å²) in [6, 6.07) is 6.26. The number of aromatic nitrogens is 2. The maximum Gasteiger partial charge on any atom is 0.280 e. The second-order valence-electron chi connectivity index (χ2n) is 3.20. The average Bonchev–Trinajstić information content (AvgIpc) is 2.32. The van der Waals surface area contributed by atoms with Crippen LogP contribution in [0.1, 0.15) is 0 Å². The summed E-state index contributed by atoms with van der Waals surface area (Å²) in [5.41, 5.74) is 5.91. The molecule has 0 amide bonds. The second-order valence-corrected chi connectivity index (χ2v) is 4.06. The van der Waals surface area contributed by atoms with Gasteiger partial charge in [0.1, 0.15) is 5.82 Å². The van der Waals surface area contributed by atoms with E-state index in [-0.39, 0.29) is 17.3 Å². The molecule has 0 unspecified atom stereocenters. The lowest BCUT2D eigenvalue weighted by molar-refractivity contribution is -0.384. The van der Waals surface area contributed by atoms with Crippen molar-refractivity contribution in [1.29, 1.82) is 0 Å². The third kappa shape index (κ3) is 2.23. The summed E-state index contributed by atoms with van der Waals surface area (Å²) in [5, 5.41) is 10.9. The standard InChI is InChI=1S/C10H7BrN4O2/c11-7-5-13-10(14-9(7)12)6-3-1-2-4-8(6)15(16)17/h1-5H,(H2,12,13,14). The third-order valence-electron chi connectivity index (χ3n) is 2.11. The van der Waals surface area contributed by atoms with Crippen LogP contribution in [0.3, 0.4) is 0 Å². The van der Waals surface area contributed by atoms with Crippen molar-refractivity contribution < 1.29 is 4.92 Å². The molecule has 0 bridgehead atoms. The van der Waals surface area contributed by atoms with Gasteiger partial charge in [-0.15, -0.1) is 0 Å². The van der Waals surface area contributed by atoms with Crippen LogP contribution in [0.4, 0.5) is 11.5 Å². The number of nitrogens with two attached hydrogens (primary N) is 1. The van der Waals surface area contributed by atoms with Crippen molar-refractivity contribution in [1.82, 2.24) is 9.97 Å². The van der Waals surface area contributed by atoms with Crippen LogP contribution in [0.2, 0.25) is 0 Å². The first kappa shape index (κ1) is 11.5. The van der Waals surface area contributed by atoms with E-state index in [9.17, 15) is 10.1 Å². The minimum Gasteiger partial charge on any atom is -0.383 e. The highest BCUT2D eigenvalue weighted by Crippen LogP contribution is 2.28. The van der Waals surface area contributed by atoms with Gasteiger partial charge in [-0.05, 0) is 22.0 Å². The highest BCUT2D eigenvalue weighted by Gasteiger charge is 2.16. The predicted octanol–water partition coefficient (Wildman–Crippen LogP) is 2.40. The Kier molecular flexibility index (Phi) is 3.01. The molecule has 0 aliphatic heterocycles. The Morgan fingerprint density at radius 2 is 2.06 bits per heavy atom. The maximum absolute atomic E-state index is 10.9. The van der Waals surface area contributed by atoms with Crippen molar-refractivity contribution in [2.45, 2.75) is 0 Å². The van der Waals surface area contributed by atoms with Crippen molar-refractivity contribution in [2.75, 3.05) is 5.73 Å². The van der Waals surface area contributed by atoms with Crippen LogP contribution in [0.15, 0.2) is 34.9 Å². The molecule has 0 saturated heterocycles. The van der Waals surface area contributed by atoms with Crippen molar-refractivity contribution in [3.63, 3.8) is 0 Å². The molecule has 1 aromatic carbocycles. The molecule has 2 rings (SSSR count). The molecule has 0 aliphatic carbocycles. The number of nitro groups is 1. The maximum atomic E-state index is 10.9. The molecule has 0 aliphatic rings. The minimum absolute atomic E-state index is 0.0470. The van der Waals surface area contributed by atoms with Crippen LogP contribution in [0.5, 0.6) is 0 Å². The van der Waals surface area contributed by atoms with E-state index in [0.717, 1.165) is 0 Å². The Bertz CT molecular complexity index is 588. The van der Waals surface area contributed by atoms with Crippen molar-refractivity contribution >= 4 is 27.4 Å². The smallest absolute Gasteiger partial charge is 0.280 e. The van der Waals surface area contributed by atoms with E-state index in [1.54, 1.807) is 18.2 Å². The first-order valence-corrected chi connectivity index (χ1v) is 5.40. The SMILES string of the molecule is Nc1nc(-c2ccccc2[N+](=O)[O-])ncc1Br. The lowest BCUT2D eigenvalue weighted by Crippen LogP contribution is -1.99. The van der Waals surface area contributed by atoms with Gasteiger partial charge in [0.2, 0.25) is 0 Å². The van der Waals surface area contributed by atoms with Gasteiger partial charge in [-0.2, -0.15) is 0 Å². The molecule has 2 N–H and O–H groups in total. The fraction of sp³-hybridized carbons (Fsp3) is 0. The number of benzene rings is 1. The molecular formula is C10H7BrN4O2. The summed E-state index contributed by atoms with van der Waals surface area (Å²) < 4.78 is 0.555. The van der Waals surface area contributed by atoms with Crippen molar-refractivity contribution in [3.05, 3.63) is 45.0 Å². The number of rotatable bonds is 2. The quantitative estimate of drug-likeness (QED) is 0.678. The molecule has 0 saturated carbocycles. The van der Waals surface area contributed by atoms with E-state index in [1.165, 1.54) is 12.3 Å². The Morgan fingerprint density at radius 3 is 2.71 bits per heavy atom. The molecule has 86 valence electrons. The molecule has 7 heteroatoms. The number of nitrogens with zero attached hydrogens (tertiary/aromatic N) is 3. The molecule has 1 aromatic heterocycles. The van der Waals surface area contributed by atoms with E-state index in [0.29, 0.717) is 10.0 Å². The molecule has 0 radical (unpaired) electrons. The molecule has 0 atom stereocenters. The molecule has 0 fully saturated rings. The van der Waals surface area contributed by atoms with Gasteiger partial charge in [0.25, 0.3) is 5.69 Å². The van der Waals surface area contributed by atoms with Gasteiger partial charge in [0.15, 0.2) is 5.82 Å². The van der Waals surface area contributed by atoms with Gasteiger partial charge in [-0.1, -0.05) is 12.1 Å². The highest BCUT2D eigenvalue weighted by atomic mass is 79.9. The number of nitro benzene ring substituents is 1. The molecule has 2 aromatic rings. The van der Waals surface area contributed by atoms with Crippen LogP contribution >= 0.6 is 15.9 Å². The summed E-state index contributed by atoms with van der Waals surface area (Å²) in [4.78, 5) is 18.4. The van der Waals surface area contributed by atoms with Crippen molar-refractivity contribution in [3.8, 4) is 11.4 Å². The van der Waals surface area contributed by atoms with Crippen LogP contribution in [0, 0.1) is 10.1 Å². The van der Waals surface area contributed by atoms with E-state index < -0.39 is 4.92 Å². The molecule has 17 heavy (non-hydrogen) atoms. The predicted molar refractivity (Wildman–Crippen MR) is 66.2 cm³/mol. The zero-order valence-electron chi connectivity index (χ0n) is 8.50. The largest absolute Gasteiger partial charge is 0.383 e. The Hall–Kier alpha value is -2.02. The van der Waals surface area contributed by atoms with Gasteiger partial charge in [-0.25, -0.2) is 9.97 Å². The van der Waals surface area contributed by atoms with E-state index in [2.05, 4.69) is 25.9 Å². The van der Waals surface area contributed by atoms with E-state index >= 15 is 0 Å². The zero-order valence-corrected chi connectivity index (χ0v) is 10.1. The van der Waals surface area contributed by atoms with Gasteiger partial charge in [-0.3, -0.25) is 10.1 Å². The highest BCUT2D eigenvalue weighted by molar-refractivity contribution is 9.10. The van der Waals surface area contributed by atoms with Crippen LogP contribution in [-0.4, -0.2) is 14.9 Å². The summed E-state index contributed by atoms with van der Waals surface area (Å²) in [7, 11) is 0. The van der Waals surface area contributed by atoms with Crippen LogP contribution < -0.4 is 5.73 Å². The number of anilines is 1. The minimum atomic E-state index is -0.475.